The molecule has 0 saturated heterocycles. The first-order valence-corrected chi connectivity index (χ1v) is 51.1. The second-order valence-corrected chi connectivity index (χ2v) is 39.2. The molecule has 0 aliphatic carbocycles. The molecule has 0 aromatic rings. The number of esters is 1. The summed E-state index contributed by atoms with van der Waals surface area (Å²) in [5.74, 6) is -6.78. The number of Topliss-reactive ketones (excluding diaryl/α,β-unsaturated/α-hetero) is 1. The van der Waals surface area contributed by atoms with Gasteiger partial charge >= 0.3 is 60.8 Å². The molecule has 0 aromatic carbocycles. The fourth-order valence-corrected chi connectivity index (χ4v) is 11.2. The van der Waals surface area contributed by atoms with Gasteiger partial charge in [-0.05, 0) is 319 Å². The van der Waals surface area contributed by atoms with E-state index in [1.807, 2.05) is 67.2 Å². The number of halogens is 11. The van der Waals surface area contributed by atoms with Crippen molar-refractivity contribution in [3.8, 4) is 0 Å². The molecule has 0 radical (unpaired) electrons. The first-order valence-electron chi connectivity index (χ1n) is 48.1. The van der Waals surface area contributed by atoms with Crippen LogP contribution in [0.5, 0.6) is 0 Å². The number of unbranched alkanes of at least 4 members (excludes halogenated alkanes) is 19. The zero-order valence-corrected chi connectivity index (χ0v) is 89.3. The Hall–Kier alpha value is -8.47. The minimum atomic E-state index is -5.29. The van der Waals surface area contributed by atoms with Crippen LogP contribution in [-0.2, 0) is 57.6 Å². The summed E-state index contributed by atoms with van der Waals surface area (Å²) in [4.78, 5) is 110. The van der Waals surface area contributed by atoms with Crippen molar-refractivity contribution in [1.82, 2.24) is 35.6 Å². The van der Waals surface area contributed by atoms with Gasteiger partial charge in [-0.2, -0.15) is 39.5 Å². The summed E-state index contributed by atoms with van der Waals surface area (Å²) >= 11 is 9.53. The van der Waals surface area contributed by atoms with E-state index in [0.29, 0.717) is 89.2 Å². The van der Waals surface area contributed by atoms with Gasteiger partial charge in [-0.15, -0.1) is 23.2 Å². The second-order valence-electron chi connectivity index (χ2n) is 36.7. The quantitative estimate of drug-likeness (QED) is 0.00342. The van der Waals surface area contributed by atoms with Crippen LogP contribution in [0.15, 0.2) is 25.0 Å². The number of azide groups is 5. The molecule has 42 nitrogen and oxygen atoms in total. The van der Waals surface area contributed by atoms with E-state index in [4.69, 9.17) is 97.5 Å². The molecule has 11 N–H and O–H groups in total. The summed E-state index contributed by atoms with van der Waals surface area (Å²) in [6.07, 6.45) is 9.40. The van der Waals surface area contributed by atoms with Gasteiger partial charge in [0.1, 0.15) is 28.0 Å². The summed E-state index contributed by atoms with van der Waals surface area (Å²) in [6.45, 7) is 36.9. The molecule has 0 spiro atoms. The average molecular weight is 2120 g/mol. The Morgan fingerprint density at radius 1 is 0.317 bits per heavy atom. The predicted octanol–water partition coefficient (Wildman–Crippen LogP) is 21.9. The Morgan fingerprint density at radius 3 is 0.810 bits per heavy atom. The third-order valence-corrected chi connectivity index (χ3v) is 17.8. The highest BCUT2D eigenvalue weighted by molar-refractivity contribution is 7.89. The summed E-state index contributed by atoms with van der Waals surface area (Å²) < 4.78 is 165. The first kappa shape index (κ1) is 149. The lowest BCUT2D eigenvalue weighted by Crippen LogP contribution is -2.43. The van der Waals surface area contributed by atoms with Crippen LogP contribution in [0.25, 0.3) is 52.2 Å². The predicted molar refractivity (Wildman–Crippen MR) is 535 cm³/mol. The summed E-state index contributed by atoms with van der Waals surface area (Å²) in [6, 6.07) is 0. The van der Waals surface area contributed by atoms with E-state index in [9.17, 15) is 86.3 Å². The number of alkyl halides is 11. The van der Waals surface area contributed by atoms with Crippen molar-refractivity contribution in [2.75, 3.05) is 156 Å². The maximum atomic E-state index is 12.8. The highest BCUT2D eigenvalue weighted by Crippen LogP contribution is 2.25. The average Bonchev–Trinajstić information content (AvgIpc) is 0.928. The van der Waals surface area contributed by atoms with Crippen LogP contribution >= 0.6 is 23.2 Å². The molecule has 0 atom stereocenters. The largest absolute Gasteiger partial charge is 0.519 e. The highest BCUT2D eigenvalue weighted by atomic mass is 35.5. The van der Waals surface area contributed by atoms with E-state index in [0.717, 1.165) is 104 Å². The molecule has 0 aromatic heterocycles. The Morgan fingerprint density at radius 2 is 0.556 bits per heavy atom. The van der Waals surface area contributed by atoms with Gasteiger partial charge < -0.3 is 86.9 Å². The molecule has 0 unspecified atom stereocenters. The third-order valence-electron chi connectivity index (χ3n) is 17.4. The lowest BCUT2D eigenvalue weighted by Gasteiger charge is -2.29. The number of hydrogen-bond acceptors (Lipinski definition) is 27. The molecule has 142 heavy (non-hydrogen) atoms. The Bertz CT molecular complexity index is 3540. The molecular weight excluding hydrogens is 1950 g/mol. The van der Waals surface area contributed by atoms with Crippen LogP contribution in [0.1, 0.15) is 316 Å². The number of carbonyl (C=O) groups is 8. The zero-order chi connectivity index (χ0) is 110. The molecule has 832 valence electrons. The van der Waals surface area contributed by atoms with Crippen molar-refractivity contribution in [3.63, 3.8) is 0 Å². The summed E-state index contributed by atoms with van der Waals surface area (Å²) in [7, 11) is -3.47. The number of carbonyl (C=O) groups excluding carboxylic acids is 8. The summed E-state index contributed by atoms with van der Waals surface area (Å²) in [5, 5.41) is 23.9. The van der Waals surface area contributed by atoms with E-state index in [2.05, 4.69) is 65.3 Å². The summed E-state index contributed by atoms with van der Waals surface area (Å²) in [5.41, 5.74) is 58.7. The van der Waals surface area contributed by atoms with Crippen LogP contribution < -0.4 is 38.9 Å². The number of sulfonamides is 1. The van der Waals surface area contributed by atoms with Gasteiger partial charge in [-0.25, -0.2) is 27.6 Å². The number of ketones is 1. The van der Waals surface area contributed by atoms with Crippen molar-refractivity contribution in [1.29, 1.82) is 0 Å². The first-order chi connectivity index (χ1) is 66.2. The van der Waals surface area contributed by atoms with Gasteiger partial charge in [0.25, 0.3) is 0 Å². The van der Waals surface area contributed by atoms with E-state index in [1.54, 1.807) is 51.3 Å². The molecule has 54 heteroatoms. The second kappa shape index (κ2) is 93.6. The fraction of sp³-hybridized carbons (Fsp3) is 0.909. The number of nitrogens with zero attached hydrogens (tertiary/aromatic N) is 19. The molecule has 0 bridgehead atoms. The van der Waals surface area contributed by atoms with E-state index >= 15 is 0 Å². The SMILES string of the molecule is CC(C)(C)OC(=O)CCCCN(CCCCN(CCCN=[N+]=[N-])C(=O)OC(C)(C)C)C(=O)OC(C)(C)C.CC(C)(C)OC(=O)OC(=O)OC(C)(C)C.CS(=O)(=O)N=[N+]=[N-].ClCCl.NCCCCCCCCNCCCN.[N-]=[N+]=NCCCN(CCCCN(CCCCC(=O)C(F)(F)F)C(=O)C(F)(F)F)C(=O)C(F)(F)F.[N-]=[N+]=NCCCNCCCCCCCCN.[N-]=[N+]=NCCCNCCCCCCCCN. The van der Waals surface area contributed by atoms with Crippen molar-refractivity contribution in [2.45, 2.75) is 362 Å². The van der Waals surface area contributed by atoms with Gasteiger partial charge in [0, 0.05) is 127 Å². The van der Waals surface area contributed by atoms with Crippen molar-refractivity contribution in [2.24, 2.45) is 47.9 Å². The third kappa shape index (κ3) is 122. The van der Waals surface area contributed by atoms with Crippen LogP contribution in [0.4, 0.5) is 58.7 Å². The Kier molecular flexibility index (Phi) is 98.1. The van der Waals surface area contributed by atoms with E-state index < -0.39 is 138 Å². The number of ether oxygens (including phenoxy) is 6. The number of hydrogen-bond donors (Lipinski definition) is 7. The number of amides is 4. The molecule has 0 aliphatic rings. The number of nitrogens with one attached hydrogen (secondary N) is 3. The van der Waals surface area contributed by atoms with Gasteiger partial charge in [0.05, 0.1) is 5.34 Å². The Labute approximate surface area is 845 Å². The maximum absolute atomic E-state index is 12.8. The van der Waals surface area contributed by atoms with Gasteiger partial charge in [0.15, 0.2) is 0 Å². The fourth-order valence-electron chi connectivity index (χ4n) is 11.1. The molecule has 0 fully saturated rings. The van der Waals surface area contributed by atoms with Crippen molar-refractivity contribution >= 4 is 81.3 Å². The molecule has 4 amide bonds. The standard InChI is InChI=1S/C26H49N5O6.C17H22F9N5O3.2C11H25N5.C11H27N3.C10H18O5.CH2Cl2.CH3N3O2S/c1-24(2,3)35-21(32)15-10-11-17-30(22(33)36-25(4,5)6)18-12-13-19-31(20-14-16-28-29-27)23(34)37-26(7,8)9;18-15(19,20)12(32)6-1-2-8-30(13(33)16(21,22)23)9-3-4-10-31(11-5-7-28-29-27)14(34)17(24,25)26;2*12-8-5-3-1-2-4-6-9-14-10-7-11-15-16-13;12-8-5-3-1-2-4-6-10-14-11-7-9-13;1-9(2,3)14-7(11)13-8(12)15-10(4,5)6;2-1-3;1-7(5,6)4-3-2/h10-20H2,1-9H3;1-11H2;2*14H,1-12H2;14H,1-13H2;1-6H3;1H2;1H3. The van der Waals surface area contributed by atoms with Crippen LogP contribution in [0, 0.1) is 0 Å². The lowest BCUT2D eigenvalue weighted by molar-refractivity contribution is -0.186. The van der Waals surface area contributed by atoms with Crippen LogP contribution in [-0.4, -0.2) is 278 Å². The van der Waals surface area contributed by atoms with Crippen molar-refractivity contribution in [3.05, 3.63) is 52.2 Å². The van der Waals surface area contributed by atoms with Crippen LogP contribution in [0.2, 0.25) is 0 Å². The molecular formula is C88H171Cl2F9N26O16S. The van der Waals surface area contributed by atoms with Gasteiger partial charge in [-0.3, -0.25) is 19.2 Å². The monoisotopic (exact) mass is 2120 g/mol. The number of rotatable bonds is 64. The van der Waals surface area contributed by atoms with E-state index in [-0.39, 0.29) is 48.4 Å². The topological polar surface area (TPSA) is 623 Å². The minimum absolute atomic E-state index is 0.0960. The molecule has 0 heterocycles. The van der Waals surface area contributed by atoms with Gasteiger partial charge in [-0.1, -0.05) is 97.5 Å². The lowest BCUT2D eigenvalue weighted by atomic mass is 10.1. The van der Waals surface area contributed by atoms with Crippen LogP contribution in [0.3, 0.4) is 0 Å². The Balaban J connectivity index is -0.000000258. The number of nitrogens with two attached hydrogens (primary N) is 4. The maximum Gasteiger partial charge on any atom is 0.519 e. The molecule has 0 aliphatic heterocycles. The zero-order valence-electron chi connectivity index (χ0n) is 87.0. The van der Waals surface area contributed by atoms with Gasteiger partial charge in [0.2, 0.25) is 15.8 Å². The highest BCUT2D eigenvalue weighted by Gasteiger charge is 2.44. The van der Waals surface area contributed by atoms with Crippen molar-refractivity contribution < 1.29 is 115 Å². The minimum Gasteiger partial charge on any atom is -0.460 e. The normalized spacial score (nSPS) is 11.2. The molecule has 0 rings (SSSR count). The van der Waals surface area contributed by atoms with E-state index in [1.165, 1.54) is 103 Å². The molecule has 0 saturated carbocycles. The smallest absolute Gasteiger partial charge is 0.460 e.